The molecule has 1 amide bonds. The van der Waals surface area contributed by atoms with Crippen LogP contribution in [0.25, 0.3) is 0 Å². The van der Waals surface area contributed by atoms with Crippen LogP contribution >= 0.6 is 11.8 Å². The van der Waals surface area contributed by atoms with Crippen LogP contribution < -0.4 is 4.90 Å². The van der Waals surface area contributed by atoms with Gasteiger partial charge in [-0.15, -0.1) is 0 Å². The molecule has 0 spiro atoms. The first-order valence-corrected chi connectivity index (χ1v) is 7.38. The first-order valence-electron chi connectivity index (χ1n) is 6.57. The smallest absolute Gasteiger partial charge is 0.331 e. The number of ether oxygens (including phenoxy) is 2. The fourth-order valence-corrected chi connectivity index (χ4v) is 3.44. The lowest BCUT2D eigenvalue weighted by atomic mass is 10.3. The van der Waals surface area contributed by atoms with Crippen molar-refractivity contribution in [3.63, 3.8) is 0 Å². The minimum atomic E-state index is -1.06. The Balaban J connectivity index is 2.40. The molecule has 22 heavy (non-hydrogen) atoms. The van der Waals surface area contributed by atoms with Gasteiger partial charge in [-0.05, 0) is 23.9 Å². The number of thioether (sulfide) groups is 1. The number of esters is 1. The summed E-state index contributed by atoms with van der Waals surface area (Å²) in [5.41, 5.74) is 0.885. The minimum absolute atomic E-state index is 0.277. The predicted molar refractivity (Wildman–Crippen MR) is 85.0 cm³/mol. The topological polar surface area (TPSA) is 59.1 Å². The van der Waals surface area contributed by atoms with E-state index in [1.54, 1.807) is 7.05 Å². The molecule has 118 valence electrons. The first-order chi connectivity index (χ1) is 10.5. The molecule has 0 radical (unpaired) electrons. The van der Waals surface area contributed by atoms with Crippen LogP contribution in [-0.4, -0.2) is 50.3 Å². The summed E-state index contributed by atoms with van der Waals surface area (Å²) in [5, 5.41) is -1.06. The van der Waals surface area contributed by atoms with Gasteiger partial charge in [-0.3, -0.25) is 9.69 Å². The molecule has 0 unspecified atom stereocenters. The average Bonchev–Trinajstić information content (AvgIpc) is 2.80. The number of benzene rings is 1. The van der Waals surface area contributed by atoms with Crippen LogP contribution in [0.5, 0.6) is 0 Å². The lowest BCUT2D eigenvalue weighted by Gasteiger charge is -2.41. The SMILES string of the molecule is COC(=O)/C=C1\S[C@](OC)(N(C)c2ccccc2)N(C)C1=O. The number of para-hydroxylation sites is 1. The van der Waals surface area contributed by atoms with Gasteiger partial charge < -0.3 is 14.4 Å². The van der Waals surface area contributed by atoms with E-state index in [0.29, 0.717) is 0 Å². The Labute approximate surface area is 133 Å². The maximum Gasteiger partial charge on any atom is 0.331 e. The third-order valence-electron chi connectivity index (χ3n) is 3.47. The molecule has 1 aromatic rings. The van der Waals surface area contributed by atoms with E-state index in [0.717, 1.165) is 17.4 Å². The van der Waals surface area contributed by atoms with Gasteiger partial charge in [-0.1, -0.05) is 18.2 Å². The van der Waals surface area contributed by atoms with Crippen molar-refractivity contribution in [1.29, 1.82) is 0 Å². The van der Waals surface area contributed by atoms with Gasteiger partial charge >= 0.3 is 5.97 Å². The number of hydrogen-bond donors (Lipinski definition) is 0. The van der Waals surface area contributed by atoms with Gasteiger partial charge in [-0.25, -0.2) is 4.79 Å². The zero-order chi connectivity index (χ0) is 16.3. The molecule has 1 saturated heterocycles. The predicted octanol–water partition coefficient (Wildman–Crippen LogP) is 1.64. The van der Waals surface area contributed by atoms with Crippen LogP contribution in [0, 0.1) is 0 Å². The van der Waals surface area contributed by atoms with Crippen molar-refractivity contribution in [1.82, 2.24) is 4.90 Å². The Morgan fingerprint density at radius 3 is 2.50 bits per heavy atom. The Morgan fingerprint density at radius 1 is 1.32 bits per heavy atom. The van der Waals surface area contributed by atoms with Gasteiger partial charge in [0.15, 0.2) is 0 Å². The summed E-state index contributed by atoms with van der Waals surface area (Å²) >= 11 is 1.16. The van der Waals surface area contributed by atoms with E-state index >= 15 is 0 Å². The van der Waals surface area contributed by atoms with Gasteiger partial charge in [0.1, 0.15) is 0 Å². The molecule has 1 atom stereocenters. The van der Waals surface area contributed by atoms with Crippen molar-refractivity contribution in [2.45, 2.75) is 5.18 Å². The molecule has 1 heterocycles. The van der Waals surface area contributed by atoms with E-state index in [9.17, 15) is 9.59 Å². The highest BCUT2D eigenvalue weighted by Gasteiger charge is 2.51. The Morgan fingerprint density at radius 2 is 1.95 bits per heavy atom. The number of carbonyl (C=O) groups is 2. The lowest BCUT2D eigenvalue weighted by molar-refractivity contribution is -0.138. The molecule has 7 heteroatoms. The average molecular weight is 322 g/mol. The summed E-state index contributed by atoms with van der Waals surface area (Å²) in [6.45, 7) is 0. The molecule has 0 aliphatic carbocycles. The van der Waals surface area contributed by atoms with Crippen molar-refractivity contribution in [3.8, 4) is 0 Å². The maximum atomic E-state index is 12.4. The Hall–Kier alpha value is -1.99. The van der Waals surface area contributed by atoms with Crippen molar-refractivity contribution in [3.05, 3.63) is 41.3 Å². The monoisotopic (exact) mass is 322 g/mol. The van der Waals surface area contributed by atoms with Gasteiger partial charge in [0, 0.05) is 33.0 Å². The number of nitrogens with zero attached hydrogens (tertiary/aromatic N) is 2. The van der Waals surface area contributed by atoms with E-state index in [2.05, 4.69) is 4.74 Å². The molecule has 1 aliphatic rings. The lowest BCUT2D eigenvalue weighted by Crippen LogP contribution is -2.55. The van der Waals surface area contributed by atoms with Gasteiger partial charge in [0.25, 0.3) is 11.1 Å². The van der Waals surface area contributed by atoms with Crippen LogP contribution in [0.15, 0.2) is 41.3 Å². The van der Waals surface area contributed by atoms with Crippen LogP contribution in [0.4, 0.5) is 5.69 Å². The fourth-order valence-electron chi connectivity index (χ4n) is 2.23. The largest absolute Gasteiger partial charge is 0.466 e. The molecular weight excluding hydrogens is 304 g/mol. The second-order valence-corrected chi connectivity index (χ2v) is 5.82. The quantitative estimate of drug-likeness (QED) is 0.477. The van der Waals surface area contributed by atoms with Gasteiger partial charge in [0.2, 0.25) is 0 Å². The summed E-state index contributed by atoms with van der Waals surface area (Å²) < 4.78 is 10.2. The number of methoxy groups -OCH3 is 2. The summed E-state index contributed by atoms with van der Waals surface area (Å²) in [7, 11) is 6.26. The Kier molecular flexibility index (Phi) is 4.77. The third kappa shape index (κ3) is 2.69. The summed E-state index contributed by atoms with van der Waals surface area (Å²) in [6, 6.07) is 9.56. The molecule has 6 nitrogen and oxygen atoms in total. The molecule has 1 aromatic carbocycles. The molecule has 0 saturated carbocycles. The number of likely N-dealkylation sites (N-methyl/N-ethyl adjacent to an activating group) is 1. The molecule has 0 bridgehead atoms. The highest BCUT2D eigenvalue weighted by Crippen LogP contribution is 2.46. The van der Waals surface area contributed by atoms with Gasteiger partial charge in [0.05, 0.1) is 12.0 Å². The van der Waals surface area contributed by atoms with Crippen LogP contribution in [0.3, 0.4) is 0 Å². The molecule has 1 aliphatic heterocycles. The van der Waals surface area contributed by atoms with Crippen LogP contribution in [-0.2, 0) is 19.1 Å². The summed E-state index contributed by atoms with van der Waals surface area (Å²) in [5.74, 6) is -0.862. The molecule has 0 N–H and O–H groups in total. The fraction of sp³-hybridized carbons (Fsp3) is 0.333. The number of anilines is 1. The number of carbonyl (C=O) groups excluding carboxylic acids is 2. The summed E-state index contributed by atoms with van der Waals surface area (Å²) in [4.78, 5) is 27.4. The number of rotatable bonds is 4. The Bertz CT molecular complexity index is 605. The number of hydrogen-bond acceptors (Lipinski definition) is 6. The highest BCUT2D eigenvalue weighted by molar-refractivity contribution is 8.05. The van der Waals surface area contributed by atoms with E-state index < -0.39 is 11.2 Å². The van der Waals surface area contributed by atoms with Crippen molar-refractivity contribution >= 4 is 29.3 Å². The third-order valence-corrected chi connectivity index (χ3v) is 4.96. The minimum Gasteiger partial charge on any atom is -0.466 e. The highest BCUT2D eigenvalue weighted by atomic mass is 32.2. The van der Waals surface area contributed by atoms with E-state index in [4.69, 9.17) is 4.74 Å². The van der Waals surface area contributed by atoms with E-state index in [1.165, 1.54) is 25.2 Å². The van der Waals surface area contributed by atoms with E-state index in [1.807, 2.05) is 42.3 Å². The van der Waals surface area contributed by atoms with Crippen molar-refractivity contribution < 1.29 is 19.1 Å². The van der Waals surface area contributed by atoms with Crippen molar-refractivity contribution in [2.75, 3.05) is 33.2 Å². The first kappa shape index (κ1) is 16.4. The summed E-state index contributed by atoms with van der Waals surface area (Å²) in [6.07, 6.45) is 1.18. The van der Waals surface area contributed by atoms with Gasteiger partial charge in [-0.2, -0.15) is 0 Å². The van der Waals surface area contributed by atoms with E-state index in [-0.39, 0.29) is 10.8 Å². The normalized spacial score (nSPS) is 23.0. The van der Waals surface area contributed by atoms with Crippen LogP contribution in [0.1, 0.15) is 0 Å². The number of amides is 1. The molecule has 2 rings (SSSR count). The molecular formula is C15H18N2O4S. The zero-order valence-corrected chi connectivity index (χ0v) is 13.7. The zero-order valence-electron chi connectivity index (χ0n) is 12.9. The molecule has 1 fully saturated rings. The second kappa shape index (κ2) is 6.41. The maximum absolute atomic E-state index is 12.4. The molecule has 0 aromatic heterocycles. The van der Waals surface area contributed by atoms with Crippen LogP contribution in [0.2, 0.25) is 0 Å². The second-order valence-electron chi connectivity index (χ2n) is 4.65. The standard InChI is InChI=1S/C15H18N2O4S/c1-16(11-8-6-5-7-9-11)15(21-4)17(2)14(19)12(22-15)10-13(18)20-3/h5-10H,1-4H3/b12-10-/t15-/m1/s1. The van der Waals surface area contributed by atoms with Crippen molar-refractivity contribution in [2.24, 2.45) is 0 Å².